The molecule has 0 saturated carbocycles. The van der Waals surface area contributed by atoms with E-state index >= 15 is 0 Å². The molecule has 0 unspecified atom stereocenters. The van der Waals surface area contributed by atoms with Crippen LogP contribution >= 0.6 is 0 Å². The zero-order valence-corrected chi connectivity index (χ0v) is 15.8. The Morgan fingerprint density at radius 1 is 1.03 bits per heavy atom. The lowest BCUT2D eigenvalue weighted by molar-refractivity contribution is -0.384. The Bertz CT molecular complexity index is 1170. The van der Waals surface area contributed by atoms with Crippen LogP contribution in [0.3, 0.4) is 0 Å². The predicted molar refractivity (Wildman–Crippen MR) is 112 cm³/mol. The number of nitro benzene ring substituents is 1. The fourth-order valence-electron chi connectivity index (χ4n) is 2.99. The number of rotatable bonds is 7. The highest BCUT2D eigenvalue weighted by Gasteiger charge is 2.18. The number of aromatic nitrogens is 3. The Morgan fingerprint density at radius 2 is 1.87 bits per heavy atom. The van der Waals surface area contributed by atoms with Crippen LogP contribution in [0.5, 0.6) is 0 Å². The standard InChI is InChI=1S/C22H17N5O3/c28-22(17-5-2-1-3-6-17)18-8-9-19(20(13-18)27(29)30)23-14-16-7-10-21(24-15-16)26-12-4-11-25-26/h1-13,15,23H,14H2. The molecule has 0 amide bonds. The molecule has 0 atom stereocenters. The van der Waals surface area contributed by atoms with E-state index in [-0.39, 0.29) is 17.0 Å². The van der Waals surface area contributed by atoms with Crippen LogP contribution in [-0.4, -0.2) is 25.5 Å². The van der Waals surface area contributed by atoms with Crippen LogP contribution in [0.4, 0.5) is 11.4 Å². The average Bonchev–Trinajstić information content (AvgIpc) is 3.33. The maximum atomic E-state index is 12.6. The Labute approximate surface area is 172 Å². The van der Waals surface area contributed by atoms with Gasteiger partial charge in [0, 0.05) is 42.3 Å². The Kier molecular flexibility index (Phi) is 5.29. The van der Waals surface area contributed by atoms with Gasteiger partial charge in [0.2, 0.25) is 0 Å². The molecule has 0 saturated heterocycles. The molecule has 0 aliphatic carbocycles. The maximum Gasteiger partial charge on any atom is 0.293 e. The number of carbonyl (C=O) groups excluding carboxylic acids is 1. The van der Waals surface area contributed by atoms with Crippen molar-refractivity contribution in [3.63, 3.8) is 0 Å². The van der Waals surface area contributed by atoms with Crippen LogP contribution in [0.15, 0.2) is 85.3 Å². The highest BCUT2D eigenvalue weighted by atomic mass is 16.6. The number of carbonyl (C=O) groups is 1. The highest BCUT2D eigenvalue weighted by Crippen LogP contribution is 2.27. The van der Waals surface area contributed by atoms with Gasteiger partial charge in [0.25, 0.3) is 5.69 Å². The highest BCUT2D eigenvalue weighted by molar-refractivity contribution is 6.09. The van der Waals surface area contributed by atoms with Crippen LogP contribution in [0.2, 0.25) is 0 Å². The van der Waals surface area contributed by atoms with Gasteiger partial charge in [0.1, 0.15) is 5.69 Å². The van der Waals surface area contributed by atoms with Crippen molar-refractivity contribution in [3.05, 3.63) is 112 Å². The molecule has 8 heteroatoms. The molecule has 2 aromatic carbocycles. The third-order valence-electron chi connectivity index (χ3n) is 4.52. The van der Waals surface area contributed by atoms with Crippen LogP contribution in [-0.2, 0) is 6.54 Å². The third kappa shape index (κ3) is 4.07. The van der Waals surface area contributed by atoms with Gasteiger partial charge in [-0.15, -0.1) is 0 Å². The Morgan fingerprint density at radius 3 is 2.53 bits per heavy atom. The number of nitrogens with one attached hydrogen (secondary N) is 1. The number of pyridine rings is 1. The van der Waals surface area contributed by atoms with E-state index in [0.29, 0.717) is 23.6 Å². The molecule has 0 spiro atoms. The molecular formula is C22H17N5O3. The molecule has 1 N–H and O–H groups in total. The van der Waals surface area contributed by atoms with Crippen LogP contribution in [0.1, 0.15) is 21.5 Å². The summed E-state index contributed by atoms with van der Waals surface area (Å²) in [7, 11) is 0. The molecule has 0 radical (unpaired) electrons. The first-order valence-electron chi connectivity index (χ1n) is 9.19. The lowest BCUT2D eigenvalue weighted by Crippen LogP contribution is -2.06. The predicted octanol–water partition coefficient (Wildman–Crippen LogP) is 4.02. The van der Waals surface area contributed by atoms with Crippen molar-refractivity contribution in [3.8, 4) is 5.82 Å². The van der Waals surface area contributed by atoms with Gasteiger partial charge in [0.15, 0.2) is 11.6 Å². The van der Waals surface area contributed by atoms with E-state index in [4.69, 9.17) is 0 Å². The number of nitro groups is 1. The molecule has 2 heterocycles. The second-order valence-corrected chi connectivity index (χ2v) is 6.51. The van der Waals surface area contributed by atoms with E-state index in [1.54, 1.807) is 59.7 Å². The molecule has 2 aromatic heterocycles. The van der Waals surface area contributed by atoms with Crippen molar-refractivity contribution in [1.82, 2.24) is 14.8 Å². The van der Waals surface area contributed by atoms with Crippen molar-refractivity contribution in [2.45, 2.75) is 6.54 Å². The van der Waals surface area contributed by atoms with E-state index in [2.05, 4.69) is 15.4 Å². The lowest BCUT2D eigenvalue weighted by atomic mass is 10.0. The van der Waals surface area contributed by atoms with Gasteiger partial charge in [-0.2, -0.15) is 5.10 Å². The number of nitrogens with zero attached hydrogens (tertiary/aromatic N) is 4. The number of hydrogen-bond acceptors (Lipinski definition) is 6. The Balaban J connectivity index is 1.51. The van der Waals surface area contributed by atoms with Crippen LogP contribution in [0.25, 0.3) is 5.82 Å². The van der Waals surface area contributed by atoms with Gasteiger partial charge in [-0.25, -0.2) is 9.67 Å². The van der Waals surface area contributed by atoms with Crippen molar-refractivity contribution in [1.29, 1.82) is 0 Å². The molecule has 8 nitrogen and oxygen atoms in total. The van der Waals surface area contributed by atoms with Gasteiger partial charge in [0.05, 0.1) is 4.92 Å². The second-order valence-electron chi connectivity index (χ2n) is 6.51. The lowest BCUT2D eigenvalue weighted by Gasteiger charge is -2.09. The minimum atomic E-state index is -0.497. The largest absolute Gasteiger partial charge is 0.375 e. The SMILES string of the molecule is O=C(c1ccccc1)c1ccc(NCc2ccc(-n3cccn3)nc2)c([N+](=O)[O-])c1. The molecule has 0 aliphatic heterocycles. The van der Waals surface area contributed by atoms with Gasteiger partial charge in [-0.3, -0.25) is 14.9 Å². The summed E-state index contributed by atoms with van der Waals surface area (Å²) >= 11 is 0. The monoisotopic (exact) mass is 399 g/mol. The molecule has 148 valence electrons. The topological polar surface area (TPSA) is 103 Å². The average molecular weight is 399 g/mol. The number of benzene rings is 2. The minimum Gasteiger partial charge on any atom is -0.375 e. The van der Waals surface area contributed by atoms with E-state index in [9.17, 15) is 14.9 Å². The summed E-state index contributed by atoms with van der Waals surface area (Å²) in [6.45, 7) is 0.346. The van der Waals surface area contributed by atoms with Crippen LogP contribution < -0.4 is 5.32 Å². The fourth-order valence-corrected chi connectivity index (χ4v) is 2.99. The normalized spacial score (nSPS) is 10.5. The summed E-state index contributed by atoms with van der Waals surface area (Å²) in [6, 6.07) is 18.6. The van der Waals surface area contributed by atoms with Gasteiger partial charge in [-0.05, 0) is 29.8 Å². The maximum absolute atomic E-state index is 12.6. The van der Waals surface area contributed by atoms with Crippen LogP contribution in [0, 0.1) is 10.1 Å². The molecular weight excluding hydrogens is 382 g/mol. The van der Waals surface area contributed by atoms with Crippen molar-refractivity contribution in [2.75, 3.05) is 5.32 Å². The van der Waals surface area contributed by atoms with E-state index in [0.717, 1.165) is 5.56 Å². The quantitative estimate of drug-likeness (QED) is 0.286. The molecule has 0 fully saturated rings. The first-order chi connectivity index (χ1) is 14.6. The van der Waals surface area contributed by atoms with E-state index in [1.165, 1.54) is 6.07 Å². The fraction of sp³-hybridized carbons (Fsp3) is 0.0455. The summed E-state index contributed by atoms with van der Waals surface area (Å²) in [5.74, 6) is 0.419. The zero-order chi connectivity index (χ0) is 20.9. The van der Waals surface area contributed by atoms with E-state index < -0.39 is 4.92 Å². The number of hydrogen-bond donors (Lipinski definition) is 1. The molecule has 4 rings (SSSR count). The Hall–Kier alpha value is -4.33. The van der Waals surface area contributed by atoms with Crippen molar-refractivity contribution < 1.29 is 9.72 Å². The van der Waals surface area contributed by atoms with Gasteiger partial charge >= 0.3 is 0 Å². The summed E-state index contributed by atoms with van der Waals surface area (Å²) in [4.78, 5) is 28.0. The minimum absolute atomic E-state index is 0.155. The summed E-state index contributed by atoms with van der Waals surface area (Å²) in [6.07, 6.45) is 5.15. The summed E-state index contributed by atoms with van der Waals surface area (Å²) < 4.78 is 1.64. The number of ketones is 1. The molecule has 4 aromatic rings. The smallest absolute Gasteiger partial charge is 0.293 e. The van der Waals surface area contributed by atoms with Gasteiger partial charge in [-0.1, -0.05) is 36.4 Å². The third-order valence-corrected chi connectivity index (χ3v) is 4.52. The molecule has 0 aliphatic rings. The zero-order valence-electron chi connectivity index (χ0n) is 15.8. The molecule has 30 heavy (non-hydrogen) atoms. The number of anilines is 1. The summed E-state index contributed by atoms with van der Waals surface area (Å²) in [5.41, 5.74) is 1.78. The second kappa shape index (κ2) is 8.36. The first-order valence-corrected chi connectivity index (χ1v) is 9.19. The van der Waals surface area contributed by atoms with Gasteiger partial charge < -0.3 is 5.32 Å². The van der Waals surface area contributed by atoms with E-state index in [1.807, 2.05) is 24.3 Å². The molecule has 0 bridgehead atoms. The van der Waals surface area contributed by atoms with Crippen molar-refractivity contribution >= 4 is 17.2 Å². The first kappa shape index (κ1) is 19.0. The summed E-state index contributed by atoms with van der Waals surface area (Å²) in [5, 5.41) is 18.7. The van der Waals surface area contributed by atoms with Crippen molar-refractivity contribution in [2.24, 2.45) is 0 Å².